The molecule has 1 heterocycles. The number of hydrogen-bond acceptors (Lipinski definition) is 4. The minimum atomic E-state index is -0.955. The van der Waals surface area contributed by atoms with Gasteiger partial charge in [-0.3, -0.25) is 14.4 Å². The largest absolute Gasteiger partial charge is 0.481 e. The zero-order valence-corrected chi connectivity index (χ0v) is 13.0. The van der Waals surface area contributed by atoms with Crippen molar-refractivity contribution in [3.8, 4) is 0 Å². The van der Waals surface area contributed by atoms with E-state index in [0.717, 1.165) is 0 Å². The minimum absolute atomic E-state index is 0.131. The van der Waals surface area contributed by atoms with Gasteiger partial charge in [0.25, 0.3) is 5.91 Å². The first-order valence-electron chi connectivity index (χ1n) is 6.65. The van der Waals surface area contributed by atoms with Gasteiger partial charge in [0.05, 0.1) is 11.3 Å². The van der Waals surface area contributed by atoms with Crippen LogP contribution in [0.1, 0.15) is 42.8 Å². The molecule has 0 saturated carbocycles. The van der Waals surface area contributed by atoms with Gasteiger partial charge in [-0.1, -0.05) is 6.07 Å². The van der Waals surface area contributed by atoms with Crippen molar-refractivity contribution in [1.82, 2.24) is 10.6 Å². The summed E-state index contributed by atoms with van der Waals surface area (Å²) in [6.07, 6.45) is 0.619. The molecule has 6 nitrogen and oxygen atoms in total. The van der Waals surface area contributed by atoms with E-state index in [1.165, 1.54) is 11.3 Å². The number of rotatable bonds is 8. The average Bonchev–Trinajstić information content (AvgIpc) is 2.85. The van der Waals surface area contributed by atoms with Crippen LogP contribution in [0.3, 0.4) is 0 Å². The van der Waals surface area contributed by atoms with Crippen LogP contribution >= 0.6 is 11.3 Å². The van der Waals surface area contributed by atoms with Gasteiger partial charge in [-0.05, 0) is 31.7 Å². The van der Waals surface area contributed by atoms with Crippen molar-refractivity contribution in [1.29, 1.82) is 0 Å². The second-order valence-corrected chi connectivity index (χ2v) is 6.29. The van der Waals surface area contributed by atoms with Gasteiger partial charge in [-0.15, -0.1) is 11.3 Å². The van der Waals surface area contributed by atoms with Crippen molar-refractivity contribution in [2.45, 2.75) is 38.6 Å². The molecule has 0 fully saturated rings. The Morgan fingerprint density at radius 3 is 2.62 bits per heavy atom. The molecule has 21 heavy (non-hydrogen) atoms. The van der Waals surface area contributed by atoms with Crippen LogP contribution in [-0.2, 0) is 9.59 Å². The number of carboxylic acids is 1. The molecule has 7 heteroatoms. The Morgan fingerprint density at radius 1 is 1.33 bits per heavy atom. The Hall–Kier alpha value is -1.89. The number of nitrogens with one attached hydrogen (secondary N) is 2. The molecular weight excluding hydrogens is 292 g/mol. The van der Waals surface area contributed by atoms with Gasteiger partial charge in [0.2, 0.25) is 5.91 Å². The maximum Gasteiger partial charge on any atom is 0.305 e. The first-order valence-corrected chi connectivity index (χ1v) is 7.53. The Labute approximate surface area is 127 Å². The summed E-state index contributed by atoms with van der Waals surface area (Å²) in [7, 11) is 0. The zero-order valence-electron chi connectivity index (χ0n) is 12.1. The Balaban J connectivity index is 2.22. The molecule has 0 bridgehead atoms. The third-order valence-electron chi connectivity index (χ3n) is 2.68. The highest BCUT2D eigenvalue weighted by Crippen LogP contribution is 2.09. The van der Waals surface area contributed by atoms with Crippen molar-refractivity contribution < 1.29 is 19.5 Å². The van der Waals surface area contributed by atoms with Gasteiger partial charge in [0, 0.05) is 18.5 Å². The topological polar surface area (TPSA) is 95.5 Å². The number of thiophene rings is 1. The van der Waals surface area contributed by atoms with Crippen LogP contribution in [0.15, 0.2) is 17.5 Å². The van der Waals surface area contributed by atoms with Crippen LogP contribution in [-0.4, -0.2) is 35.0 Å². The molecule has 0 aromatic carbocycles. The molecule has 0 spiro atoms. The summed E-state index contributed by atoms with van der Waals surface area (Å²) in [6, 6.07) is 3.54. The third kappa shape index (κ3) is 6.89. The van der Waals surface area contributed by atoms with Gasteiger partial charge in [-0.25, -0.2) is 0 Å². The van der Waals surface area contributed by atoms with Gasteiger partial charge < -0.3 is 15.7 Å². The van der Waals surface area contributed by atoms with Crippen molar-refractivity contribution in [3.63, 3.8) is 0 Å². The molecular formula is C14H20N2O4S. The van der Waals surface area contributed by atoms with Crippen molar-refractivity contribution in [2.75, 3.05) is 6.54 Å². The Kier molecular flexibility index (Phi) is 6.36. The summed E-state index contributed by atoms with van der Waals surface area (Å²) < 4.78 is 0. The number of amides is 2. The molecule has 0 unspecified atom stereocenters. The summed E-state index contributed by atoms with van der Waals surface area (Å²) in [5.74, 6) is -1.31. The van der Waals surface area contributed by atoms with E-state index in [1.807, 2.05) is 5.38 Å². The van der Waals surface area contributed by atoms with E-state index in [0.29, 0.717) is 17.8 Å². The smallest absolute Gasteiger partial charge is 0.305 e. The van der Waals surface area contributed by atoms with Crippen LogP contribution in [0.2, 0.25) is 0 Å². The lowest BCUT2D eigenvalue weighted by atomic mass is 10.0. The Bertz CT molecular complexity index is 497. The van der Waals surface area contributed by atoms with Crippen LogP contribution < -0.4 is 10.6 Å². The number of carbonyl (C=O) groups excluding carboxylic acids is 2. The lowest BCUT2D eigenvalue weighted by Crippen LogP contribution is -2.45. The molecule has 0 aliphatic heterocycles. The fraction of sp³-hybridized carbons (Fsp3) is 0.500. The van der Waals surface area contributed by atoms with E-state index >= 15 is 0 Å². The molecule has 0 aliphatic rings. The molecule has 1 aromatic rings. The summed E-state index contributed by atoms with van der Waals surface area (Å²) in [5, 5.41) is 16.0. The molecule has 3 N–H and O–H groups in total. The molecule has 0 aliphatic carbocycles. The van der Waals surface area contributed by atoms with Crippen LogP contribution in [0, 0.1) is 0 Å². The lowest BCUT2D eigenvalue weighted by molar-refractivity contribution is -0.138. The molecule has 2 amide bonds. The van der Waals surface area contributed by atoms with Crippen molar-refractivity contribution in [3.05, 3.63) is 22.4 Å². The fourth-order valence-electron chi connectivity index (χ4n) is 1.81. The van der Waals surface area contributed by atoms with Gasteiger partial charge >= 0.3 is 5.97 Å². The number of hydrogen-bond donors (Lipinski definition) is 3. The molecule has 1 rings (SSSR count). The summed E-state index contributed by atoms with van der Waals surface area (Å²) in [5.41, 5.74) is -0.775. The van der Waals surface area contributed by atoms with E-state index in [9.17, 15) is 14.4 Å². The first kappa shape index (κ1) is 17.2. The number of carbonyl (C=O) groups is 3. The van der Waals surface area contributed by atoms with E-state index in [-0.39, 0.29) is 24.7 Å². The summed E-state index contributed by atoms with van der Waals surface area (Å²) in [6.45, 7) is 3.73. The van der Waals surface area contributed by atoms with Crippen molar-refractivity contribution in [2.24, 2.45) is 0 Å². The number of aliphatic carboxylic acids is 1. The SMILES string of the molecule is CC(C)(CC(=O)O)NC(=O)CCCNC(=O)c1cccs1. The Morgan fingerprint density at radius 2 is 2.05 bits per heavy atom. The van der Waals surface area contributed by atoms with E-state index in [2.05, 4.69) is 10.6 Å². The highest BCUT2D eigenvalue weighted by molar-refractivity contribution is 7.12. The van der Waals surface area contributed by atoms with E-state index in [4.69, 9.17) is 5.11 Å². The van der Waals surface area contributed by atoms with Crippen LogP contribution in [0.4, 0.5) is 0 Å². The van der Waals surface area contributed by atoms with Gasteiger partial charge in [-0.2, -0.15) is 0 Å². The predicted molar refractivity (Wildman–Crippen MR) is 80.4 cm³/mol. The van der Waals surface area contributed by atoms with Gasteiger partial charge in [0.1, 0.15) is 0 Å². The monoisotopic (exact) mass is 312 g/mol. The molecule has 0 atom stereocenters. The maximum absolute atomic E-state index is 11.7. The maximum atomic E-state index is 11.7. The third-order valence-corrected chi connectivity index (χ3v) is 3.55. The molecule has 0 radical (unpaired) electrons. The van der Waals surface area contributed by atoms with Gasteiger partial charge in [0.15, 0.2) is 0 Å². The summed E-state index contributed by atoms with van der Waals surface area (Å²) >= 11 is 1.36. The molecule has 116 valence electrons. The van der Waals surface area contributed by atoms with Crippen LogP contribution in [0.25, 0.3) is 0 Å². The predicted octanol–water partition coefficient (Wildman–Crippen LogP) is 1.63. The quantitative estimate of drug-likeness (QED) is 0.636. The second-order valence-electron chi connectivity index (χ2n) is 5.34. The standard InChI is InChI=1S/C14H20N2O4S/c1-14(2,9-12(18)19)16-11(17)6-3-7-15-13(20)10-5-4-8-21-10/h4-5,8H,3,6-7,9H2,1-2H3,(H,15,20)(H,16,17)(H,18,19). The molecule has 1 aromatic heterocycles. The fourth-order valence-corrected chi connectivity index (χ4v) is 2.45. The van der Waals surface area contributed by atoms with Crippen molar-refractivity contribution >= 4 is 29.1 Å². The highest BCUT2D eigenvalue weighted by Gasteiger charge is 2.23. The number of carboxylic acid groups (broad SMARTS) is 1. The lowest BCUT2D eigenvalue weighted by Gasteiger charge is -2.24. The van der Waals surface area contributed by atoms with E-state index < -0.39 is 11.5 Å². The molecule has 0 saturated heterocycles. The highest BCUT2D eigenvalue weighted by atomic mass is 32.1. The minimum Gasteiger partial charge on any atom is -0.481 e. The zero-order chi connectivity index (χ0) is 15.9. The normalized spacial score (nSPS) is 11.0. The van der Waals surface area contributed by atoms with E-state index in [1.54, 1.807) is 26.0 Å². The second kappa shape index (κ2) is 7.78. The van der Waals surface area contributed by atoms with Crippen LogP contribution in [0.5, 0.6) is 0 Å². The average molecular weight is 312 g/mol. The summed E-state index contributed by atoms with van der Waals surface area (Å²) in [4.78, 5) is 34.6. The first-order chi connectivity index (χ1) is 9.80.